The van der Waals surface area contributed by atoms with E-state index in [9.17, 15) is 0 Å². The zero-order chi connectivity index (χ0) is 12.0. The summed E-state index contributed by atoms with van der Waals surface area (Å²) in [6.45, 7) is 0. The highest BCUT2D eigenvalue weighted by Crippen LogP contribution is 2.46. The van der Waals surface area contributed by atoms with Crippen LogP contribution in [0.4, 0.5) is 0 Å². The molecule has 0 fully saturated rings. The lowest BCUT2D eigenvalue weighted by Crippen LogP contribution is -2.30. The fraction of sp³-hybridized carbons (Fsp3) is 1.00. The minimum absolute atomic E-state index is 0.266. The number of hydrogen-bond acceptors (Lipinski definition) is 6. The minimum atomic E-state index is -0.558. The standard InChI is InChI=1S/C6H23N6P3/c1-10(2)14(8-13-7)9-15(11(3)4)12(5)6/h8-9,13H,7H2,1-6H3. The zero-order valence-electron chi connectivity index (χ0n) is 10.3. The maximum atomic E-state index is 5.54. The molecule has 2 atom stereocenters. The van der Waals surface area contributed by atoms with Crippen LogP contribution in [0, 0.1) is 0 Å². The van der Waals surface area contributed by atoms with Gasteiger partial charge in [0.15, 0.2) is 0 Å². The van der Waals surface area contributed by atoms with Gasteiger partial charge in [0.25, 0.3) is 0 Å². The third-order valence-electron chi connectivity index (χ3n) is 1.51. The first-order valence-electron chi connectivity index (χ1n) is 4.49. The number of hydrogen-bond donors (Lipinski definition) is 3. The summed E-state index contributed by atoms with van der Waals surface area (Å²) in [7, 11) is 11.6. The molecule has 0 amide bonds. The van der Waals surface area contributed by atoms with E-state index < -0.39 is 16.7 Å². The summed E-state index contributed by atoms with van der Waals surface area (Å²) >= 11 is 0. The molecule has 0 spiro atoms. The van der Waals surface area contributed by atoms with Crippen molar-refractivity contribution >= 4 is 25.6 Å². The van der Waals surface area contributed by atoms with Gasteiger partial charge < -0.3 is 0 Å². The van der Waals surface area contributed by atoms with Crippen molar-refractivity contribution in [3.63, 3.8) is 0 Å². The van der Waals surface area contributed by atoms with Crippen LogP contribution in [0.1, 0.15) is 0 Å². The molecule has 0 aromatic rings. The predicted octanol–water partition coefficient (Wildman–Crippen LogP) is 0.771. The van der Waals surface area contributed by atoms with Crippen LogP contribution in [0.5, 0.6) is 0 Å². The molecule has 4 N–H and O–H groups in total. The van der Waals surface area contributed by atoms with Crippen molar-refractivity contribution in [3.8, 4) is 0 Å². The van der Waals surface area contributed by atoms with E-state index in [1.807, 2.05) is 14.1 Å². The van der Waals surface area contributed by atoms with Crippen molar-refractivity contribution in [2.45, 2.75) is 0 Å². The monoisotopic (exact) mass is 272 g/mol. The Morgan fingerprint density at radius 3 is 1.67 bits per heavy atom. The average molecular weight is 272 g/mol. The Labute approximate surface area is 97.6 Å². The Kier molecular flexibility index (Phi) is 8.76. The van der Waals surface area contributed by atoms with Crippen LogP contribution in [0.15, 0.2) is 0 Å². The highest BCUT2D eigenvalue weighted by Gasteiger charge is 2.20. The zero-order valence-corrected chi connectivity index (χ0v) is 13.1. The van der Waals surface area contributed by atoms with Crippen molar-refractivity contribution in [1.29, 1.82) is 0 Å². The summed E-state index contributed by atoms with van der Waals surface area (Å²) in [6, 6.07) is 0. The van der Waals surface area contributed by atoms with Crippen molar-refractivity contribution in [2.24, 2.45) is 5.50 Å². The summed E-state index contributed by atoms with van der Waals surface area (Å²) < 4.78 is 6.52. The van der Waals surface area contributed by atoms with Crippen LogP contribution >= 0.6 is 25.6 Å². The van der Waals surface area contributed by atoms with E-state index in [0.717, 1.165) is 0 Å². The number of rotatable bonds is 7. The SMILES string of the molecule is CN(C)P(NPN)NP(N(C)C)N(C)C. The molecule has 0 rings (SSSR count). The molecule has 0 bridgehead atoms. The molecule has 2 unspecified atom stereocenters. The van der Waals surface area contributed by atoms with Crippen molar-refractivity contribution in [3.05, 3.63) is 0 Å². The Morgan fingerprint density at radius 2 is 1.40 bits per heavy atom. The topological polar surface area (TPSA) is 59.8 Å². The van der Waals surface area contributed by atoms with Gasteiger partial charge in [-0.05, 0) is 42.3 Å². The molecule has 0 aliphatic heterocycles. The fourth-order valence-corrected chi connectivity index (χ4v) is 6.38. The Bertz CT molecular complexity index is 159. The first kappa shape index (κ1) is 16.1. The third-order valence-corrected chi connectivity index (χ3v) is 6.66. The second kappa shape index (κ2) is 8.19. The lowest BCUT2D eigenvalue weighted by Gasteiger charge is -2.35. The molecule has 0 saturated carbocycles. The predicted molar refractivity (Wildman–Crippen MR) is 73.7 cm³/mol. The van der Waals surface area contributed by atoms with Crippen LogP contribution in [-0.4, -0.2) is 56.3 Å². The van der Waals surface area contributed by atoms with Gasteiger partial charge in [-0.2, -0.15) is 0 Å². The number of nitrogens with one attached hydrogen (secondary N) is 2. The van der Waals surface area contributed by atoms with E-state index >= 15 is 0 Å². The van der Waals surface area contributed by atoms with E-state index in [1.165, 1.54) is 0 Å². The second-order valence-corrected chi connectivity index (χ2v) is 9.08. The lowest BCUT2D eigenvalue weighted by molar-refractivity contribution is 0.566. The highest BCUT2D eigenvalue weighted by molar-refractivity contribution is 7.70. The van der Waals surface area contributed by atoms with Crippen LogP contribution in [0.3, 0.4) is 0 Å². The highest BCUT2D eigenvalue weighted by atomic mass is 31.2. The van der Waals surface area contributed by atoms with Gasteiger partial charge in [0.2, 0.25) is 0 Å². The summed E-state index contributed by atoms with van der Waals surface area (Å²) in [5.74, 6) is 0. The third kappa shape index (κ3) is 6.38. The largest absolute Gasteiger partial charge is 0.300 e. The molecular formula is C6H23N6P3. The molecule has 0 saturated heterocycles. The van der Waals surface area contributed by atoms with E-state index in [2.05, 4.69) is 51.9 Å². The van der Waals surface area contributed by atoms with Crippen molar-refractivity contribution in [1.82, 2.24) is 23.7 Å². The molecule has 0 aliphatic rings. The first-order valence-corrected chi connectivity index (χ1v) is 8.11. The van der Waals surface area contributed by atoms with Gasteiger partial charge in [-0.1, -0.05) is 0 Å². The summed E-state index contributed by atoms with van der Waals surface area (Å²) in [6.07, 6.45) is 0. The van der Waals surface area contributed by atoms with Gasteiger partial charge in [0.1, 0.15) is 16.7 Å². The Morgan fingerprint density at radius 1 is 0.933 bits per heavy atom. The van der Waals surface area contributed by atoms with Gasteiger partial charge in [0.05, 0.1) is 0 Å². The molecule has 15 heavy (non-hydrogen) atoms. The van der Waals surface area contributed by atoms with Gasteiger partial charge >= 0.3 is 0 Å². The molecule has 92 valence electrons. The van der Waals surface area contributed by atoms with Crippen molar-refractivity contribution in [2.75, 3.05) is 42.3 Å². The van der Waals surface area contributed by atoms with Crippen LogP contribution in [-0.2, 0) is 0 Å². The van der Waals surface area contributed by atoms with Crippen LogP contribution in [0.2, 0.25) is 0 Å². The van der Waals surface area contributed by atoms with E-state index in [0.29, 0.717) is 0 Å². The average Bonchev–Trinajstić information content (AvgIpc) is 2.10. The fourth-order valence-electron chi connectivity index (χ4n) is 0.897. The lowest BCUT2D eigenvalue weighted by atomic mass is 11.3. The smallest absolute Gasteiger partial charge is 0.124 e. The molecule has 0 heterocycles. The summed E-state index contributed by atoms with van der Waals surface area (Å²) in [5.41, 5.74) is 5.54. The second-order valence-electron chi connectivity index (χ2n) is 3.50. The van der Waals surface area contributed by atoms with Gasteiger partial charge in [-0.25, -0.2) is 9.72 Å². The number of nitrogens with zero attached hydrogens (tertiary/aromatic N) is 3. The molecule has 9 heteroatoms. The first-order chi connectivity index (χ1) is 6.90. The van der Waals surface area contributed by atoms with Gasteiger partial charge in [-0.15, -0.1) is 0 Å². The maximum absolute atomic E-state index is 5.54. The molecule has 0 radical (unpaired) electrons. The Hall–Kier alpha value is 1.05. The normalized spacial score (nSPS) is 15.4. The molecule has 0 aromatic carbocycles. The van der Waals surface area contributed by atoms with Gasteiger partial charge in [0, 0.05) is 8.88 Å². The summed E-state index contributed by atoms with van der Waals surface area (Å²) in [4.78, 5) is 6.85. The number of nitrogens with two attached hydrogens (primary N) is 1. The summed E-state index contributed by atoms with van der Waals surface area (Å²) in [5, 5.41) is 0. The van der Waals surface area contributed by atoms with Crippen LogP contribution in [0.25, 0.3) is 0 Å². The molecule has 6 nitrogen and oxygen atoms in total. The van der Waals surface area contributed by atoms with E-state index in [4.69, 9.17) is 5.50 Å². The van der Waals surface area contributed by atoms with E-state index in [1.54, 1.807) is 0 Å². The van der Waals surface area contributed by atoms with E-state index in [-0.39, 0.29) is 8.88 Å². The maximum Gasteiger partial charge on any atom is 0.124 e. The molecule has 0 aliphatic carbocycles. The molecule has 0 aromatic heterocycles. The molecular weight excluding hydrogens is 249 g/mol. The quantitative estimate of drug-likeness (QED) is 0.595. The minimum Gasteiger partial charge on any atom is -0.300 e. The van der Waals surface area contributed by atoms with Crippen molar-refractivity contribution < 1.29 is 0 Å². The van der Waals surface area contributed by atoms with Crippen LogP contribution < -0.4 is 15.2 Å². The Balaban J connectivity index is 4.33. The van der Waals surface area contributed by atoms with Gasteiger partial charge in [-0.3, -0.25) is 19.5 Å².